The lowest BCUT2D eigenvalue weighted by Gasteiger charge is -2.47. The van der Waals surface area contributed by atoms with Crippen molar-refractivity contribution < 1.29 is 4.79 Å². The summed E-state index contributed by atoms with van der Waals surface area (Å²) in [6, 6.07) is 4.24. The number of nitrogens with zero attached hydrogens (tertiary/aromatic N) is 1. The molecule has 3 rings (SSSR count). The van der Waals surface area contributed by atoms with E-state index in [4.69, 9.17) is 0 Å². The van der Waals surface area contributed by atoms with Gasteiger partial charge < -0.3 is 4.90 Å². The average molecular weight is 215 g/mol. The highest BCUT2D eigenvalue weighted by atomic mass is 16.1. The fourth-order valence-electron chi connectivity index (χ4n) is 3.59. The Kier molecular flexibility index (Phi) is 1.85. The van der Waals surface area contributed by atoms with Crippen LogP contribution in [0.2, 0.25) is 0 Å². The second-order valence-corrected chi connectivity index (χ2v) is 5.50. The van der Waals surface area contributed by atoms with E-state index >= 15 is 0 Å². The van der Waals surface area contributed by atoms with Crippen LogP contribution in [0.1, 0.15) is 33.5 Å². The number of hydrogen-bond donors (Lipinski definition) is 0. The Bertz CT molecular complexity index is 484. The average Bonchev–Trinajstić information content (AvgIpc) is 2.47. The van der Waals surface area contributed by atoms with Crippen molar-refractivity contribution in [2.45, 2.75) is 25.7 Å². The molecule has 2 nitrogen and oxygen atoms in total. The number of likely N-dealkylation sites (N-methyl/N-ethyl adjacent to an activating group) is 1. The molecule has 0 atom stereocenters. The van der Waals surface area contributed by atoms with E-state index in [1.165, 1.54) is 11.1 Å². The maximum atomic E-state index is 12.1. The number of likely N-dealkylation sites (tertiary alicyclic amines) is 1. The maximum Gasteiger partial charge on any atom is 0.164 e. The molecule has 0 radical (unpaired) electrons. The van der Waals surface area contributed by atoms with Gasteiger partial charge in [-0.15, -0.1) is 0 Å². The van der Waals surface area contributed by atoms with E-state index in [9.17, 15) is 4.79 Å². The topological polar surface area (TPSA) is 20.3 Å². The molecule has 1 aromatic carbocycles. The molecule has 1 spiro atoms. The first-order valence-corrected chi connectivity index (χ1v) is 5.86. The Morgan fingerprint density at radius 3 is 2.44 bits per heavy atom. The Morgan fingerprint density at radius 2 is 1.81 bits per heavy atom. The predicted molar refractivity (Wildman–Crippen MR) is 64.0 cm³/mol. The van der Waals surface area contributed by atoms with Crippen LogP contribution in [0.25, 0.3) is 0 Å². The van der Waals surface area contributed by atoms with Gasteiger partial charge in [0.05, 0.1) is 0 Å². The molecule has 1 aliphatic heterocycles. The third-order valence-corrected chi connectivity index (χ3v) is 4.08. The van der Waals surface area contributed by atoms with Crippen molar-refractivity contribution in [3.8, 4) is 0 Å². The van der Waals surface area contributed by atoms with E-state index < -0.39 is 0 Å². The summed E-state index contributed by atoms with van der Waals surface area (Å²) < 4.78 is 0. The molecule has 2 aliphatic rings. The Labute approximate surface area is 96.3 Å². The predicted octanol–water partition coefficient (Wildman–Crippen LogP) is 2.07. The number of rotatable bonds is 0. The Hall–Kier alpha value is -1.15. The molecule has 1 fully saturated rings. The summed E-state index contributed by atoms with van der Waals surface area (Å²) in [7, 11) is 2.12. The van der Waals surface area contributed by atoms with Crippen LogP contribution in [-0.4, -0.2) is 30.8 Å². The van der Waals surface area contributed by atoms with Crippen molar-refractivity contribution in [2.24, 2.45) is 0 Å². The Morgan fingerprint density at radius 1 is 1.19 bits per heavy atom. The summed E-state index contributed by atoms with van der Waals surface area (Å²) in [5.74, 6) is 0.351. The van der Waals surface area contributed by atoms with Crippen LogP contribution >= 0.6 is 0 Å². The highest BCUT2D eigenvalue weighted by Gasteiger charge is 2.51. The molecule has 0 unspecified atom stereocenters. The van der Waals surface area contributed by atoms with E-state index in [2.05, 4.69) is 37.9 Å². The summed E-state index contributed by atoms with van der Waals surface area (Å²) in [4.78, 5) is 14.4. The van der Waals surface area contributed by atoms with Gasteiger partial charge in [0.25, 0.3) is 0 Å². The molecule has 0 saturated carbocycles. The number of Topliss-reactive ketones (excluding diaryl/α,β-unsaturated/α-hetero) is 1. The Balaban J connectivity index is 2.22. The van der Waals surface area contributed by atoms with E-state index in [1.807, 2.05) is 0 Å². The molecular formula is C14H17NO. The monoisotopic (exact) mass is 215 g/mol. The highest BCUT2D eigenvalue weighted by molar-refractivity contribution is 6.04. The zero-order valence-electron chi connectivity index (χ0n) is 10.1. The summed E-state index contributed by atoms with van der Waals surface area (Å²) in [6.45, 7) is 6.26. The summed E-state index contributed by atoms with van der Waals surface area (Å²) in [6.07, 6.45) is 0.721. The van der Waals surface area contributed by atoms with Crippen molar-refractivity contribution in [1.29, 1.82) is 0 Å². The van der Waals surface area contributed by atoms with Gasteiger partial charge in [-0.3, -0.25) is 4.79 Å². The largest absolute Gasteiger partial charge is 0.304 e. The molecular weight excluding hydrogens is 198 g/mol. The SMILES string of the molecule is Cc1ccc(C)c2c1C(=O)CC21CN(C)C1. The third-order valence-electron chi connectivity index (χ3n) is 4.08. The van der Waals surface area contributed by atoms with Gasteiger partial charge in [-0.05, 0) is 37.6 Å². The normalized spacial score (nSPS) is 22.3. The maximum absolute atomic E-state index is 12.1. The van der Waals surface area contributed by atoms with Gasteiger partial charge in [0, 0.05) is 30.5 Å². The molecule has 1 heterocycles. The van der Waals surface area contributed by atoms with Crippen LogP contribution in [-0.2, 0) is 5.41 Å². The number of hydrogen-bond acceptors (Lipinski definition) is 2. The fourth-order valence-corrected chi connectivity index (χ4v) is 3.59. The molecule has 2 heteroatoms. The van der Waals surface area contributed by atoms with Gasteiger partial charge in [-0.2, -0.15) is 0 Å². The quantitative estimate of drug-likeness (QED) is 0.660. The number of benzene rings is 1. The van der Waals surface area contributed by atoms with E-state index in [0.717, 1.165) is 30.6 Å². The van der Waals surface area contributed by atoms with Crippen LogP contribution < -0.4 is 0 Å². The highest BCUT2D eigenvalue weighted by Crippen LogP contribution is 2.47. The molecule has 1 aliphatic carbocycles. The lowest BCUT2D eigenvalue weighted by molar-refractivity contribution is 0.0764. The fraction of sp³-hybridized carbons (Fsp3) is 0.500. The second-order valence-electron chi connectivity index (χ2n) is 5.50. The van der Waals surface area contributed by atoms with Crippen LogP contribution in [0.15, 0.2) is 12.1 Å². The summed E-state index contributed by atoms with van der Waals surface area (Å²) in [5, 5.41) is 0. The van der Waals surface area contributed by atoms with E-state index in [-0.39, 0.29) is 5.41 Å². The molecule has 1 saturated heterocycles. The van der Waals surface area contributed by atoms with Crippen molar-refractivity contribution in [1.82, 2.24) is 4.90 Å². The molecule has 0 bridgehead atoms. The van der Waals surface area contributed by atoms with Gasteiger partial charge in [0.15, 0.2) is 5.78 Å². The van der Waals surface area contributed by atoms with Crippen molar-refractivity contribution in [3.05, 3.63) is 34.4 Å². The zero-order chi connectivity index (χ0) is 11.5. The molecule has 0 N–H and O–H groups in total. The van der Waals surface area contributed by atoms with Gasteiger partial charge in [-0.1, -0.05) is 12.1 Å². The minimum atomic E-state index is 0.150. The van der Waals surface area contributed by atoms with Crippen molar-refractivity contribution >= 4 is 5.78 Å². The second kappa shape index (κ2) is 2.95. The van der Waals surface area contributed by atoms with Crippen molar-refractivity contribution in [2.75, 3.05) is 20.1 Å². The van der Waals surface area contributed by atoms with Gasteiger partial charge in [0.2, 0.25) is 0 Å². The van der Waals surface area contributed by atoms with Crippen LogP contribution in [0.4, 0.5) is 0 Å². The summed E-state index contributed by atoms with van der Waals surface area (Å²) in [5.41, 5.74) is 4.96. The third kappa shape index (κ3) is 1.08. The van der Waals surface area contributed by atoms with E-state index in [1.54, 1.807) is 0 Å². The van der Waals surface area contributed by atoms with Crippen LogP contribution in [0, 0.1) is 13.8 Å². The first-order valence-electron chi connectivity index (χ1n) is 5.86. The number of aryl methyl sites for hydroxylation is 2. The molecule has 0 aromatic heterocycles. The van der Waals surface area contributed by atoms with Gasteiger partial charge >= 0.3 is 0 Å². The molecule has 0 amide bonds. The molecule has 84 valence electrons. The number of carbonyl (C=O) groups is 1. The molecule has 1 aromatic rings. The zero-order valence-corrected chi connectivity index (χ0v) is 10.1. The lowest BCUT2D eigenvalue weighted by atomic mass is 9.73. The first kappa shape index (κ1) is 10.0. The molecule has 16 heavy (non-hydrogen) atoms. The minimum Gasteiger partial charge on any atom is -0.304 e. The number of carbonyl (C=O) groups excluding carboxylic acids is 1. The van der Waals surface area contributed by atoms with Crippen LogP contribution in [0.5, 0.6) is 0 Å². The van der Waals surface area contributed by atoms with E-state index in [0.29, 0.717) is 5.78 Å². The summed E-state index contributed by atoms with van der Waals surface area (Å²) >= 11 is 0. The van der Waals surface area contributed by atoms with Gasteiger partial charge in [-0.25, -0.2) is 0 Å². The van der Waals surface area contributed by atoms with Crippen LogP contribution in [0.3, 0.4) is 0 Å². The number of ketones is 1. The lowest BCUT2D eigenvalue weighted by Crippen LogP contribution is -2.56. The first-order chi connectivity index (χ1) is 7.53. The van der Waals surface area contributed by atoms with Crippen molar-refractivity contribution in [3.63, 3.8) is 0 Å². The standard InChI is InChI=1S/C14H17NO/c1-9-4-5-10(2)13-12(9)11(16)6-14(13)7-15(3)8-14/h4-5H,6-8H2,1-3H3. The minimum absolute atomic E-state index is 0.150. The smallest absolute Gasteiger partial charge is 0.164 e. The van der Waals surface area contributed by atoms with Gasteiger partial charge in [0.1, 0.15) is 0 Å². The number of fused-ring (bicyclic) bond motifs is 2.